The van der Waals surface area contributed by atoms with E-state index in [0.29, 0.717) is 17.3 Å². The molecule has 24 heavy (non-hydrogen) atoms. The van der Waals surface area contributed by atoms with Crippen LogP contribution < -0.4 is 0 Å². The van der Waals surface area contributed by atoms with Crippen LogP contribution in [0.1, 0.15) is 52.4 Å². The fraction of sp³-hybridized carbons (Fsp3) is 0.737. The first-order valence-corrected chi connectivity index (χ1v) is 9.44. The molecule has 2 aliphatic heterocycles. The molecule has 134 valence electrons. The average Bonchev–Trinajstić information content (AvgIpc) is 3.08. The second-order valence-corrected chi connectivity index (χ2v) is 7.47. The zero-order valence-corrected chi connectivity index (χ0v) is 16.0. The van der Waals surface area contributed by atoms with Gasteiger partial charge in [-0.15, -0.1) is 9.18 Å². The molecule has 0 saturated carbocycles. The standard InChI is InChI=1S/C19H35N5/c1-5-6-7-8-9-10-14-24(17-13-22(4)19(24)2)23(15-11-20)16-12-21(3)18-23/h12-13,16-17,19H,5-10,14-15,18H2,1-4H3/q+2. The summed E-state index contributed by atoms with van der Waals surface area (Å²) < 4.78 is 1.52. The maximum atomic E-state index is 9.51. The Morgan fingerprint density at radius 1 is 1.08 bits per heavy atom. The maximum Gasteiger partial charge on any atom is 0.215 e. The van der Waals surface area contributed by atoms with Gasteiger partial charge in [-0.1, -0.05) is 32.6 Å². The Labute approximate surface area is 148 Å². The monoisotopic (exact) mass is 333 g/mol. The molecule has 0 aromatic rings. The van der Waals surface area contributed by atoms with Gasteiger partial charge in [-0.25, -0.2) is 0 Å². The lowest BCUT2D eigenvalue weighted by Gasteiger charge is -2.48. The lowest BCUT2D eigenvalue weighted by molar-refractivity contribution is -1.46. The molecule has 0 aliphatic carbocycles. The number of hydrogen-bond acceptors (Lipinski definition) is 3. The van der Waals surface area contributed by atoms with Gasteiger partial charge < -0.3 is 9.80 Å². The summed E-state index contributed by atoms with van der Waals surface area (Å²) in [7, 11) is 4.25. The van der Waals surface area contributed by atoms with Crippen LogP contribution in [-0.2, 0) is 0 Å². The van der Waals surface area contributed by atoms with E-state index >= 15 is 0 Å². The Bertz CT molecular complexity index is 508. The van der Waals surface area contributed by atoms with Gasteiger partial charge in [-0.05, 0) is 6.42 Å². The van der Waals surface area contributed by atoms with Gasteiger partial charge in [-0.3, -0.25) is 0 Å². The van der Waals surface area contributed by atoms with Gasteiger partial charge >= 0.3 is 0 Å². The molecule has 2 heterocycles. The minimum Gasteiger partial charge on any atom is -0.325 e. The highest BCUT2D eigenvalue weighted by molar-refractivity contribution is 4.87. The quantitative estimate of drug-likeness (QED) is 0.367. The molecule has 2 rings (SSSR count). The van der Waals surface area contributed by atoms with E-state index in [9.17, 15) is 5.26 Å². The van der Waals surface area contributed by atoms with Crippen molar-refractivity contribution < 1.29 is 9.18 Å². The molecule has 0 amide bonds. The number of nitrogens with zero attached hydrogens (tertiary/aromatic N) is 5. The topological polar surface area (TPSA) is 30.3 Å². The Morgan fingerprint density at radius 3 is 2.33 bits per heavy atom. The summed E-state index contributed by atoms with van der Waals surface area (Å²) >= 11 is 0. The molecule has 3 unspecified atom stereocenters. The zero-order chi connectivity index (χ0) is 17.6. The summed E-state index contributed by atoms with van der Waals surface area (Å²) in [4.78, 5) is 4.50. The molecule has 0 fully saturated rings. The summed E-state index contributed by atoms with van der Waals surface area (Å²) in [6.07, 6.45) is 17.1. The van der Waals surface area contributed by atoms with E-state index in [0.717, 1.165) is 17.8 Å². The van der Waals surface area contributed by atoms with Crippen LogP contribution in [0.5, 0.6) is 0 Å². The lowest BCUT2D eigenvalue weighted by atomic mass is 10.1. The van der Waals surface area contributed by atoms with Crippen LogP contribution in [0.4, 0.5) is 0 Å². The summed E-state index contributed by atoms with van der Waals surface area (Å²) in [6.45, 7) is 7.03. The van der Waals surface area contributed by atoms with Crippen LogP contribution in [0.3, 0.4) is 0 Å². The van der Waals surface area contributed by atoms with E-state index < -0.39 is 0 Å². The Hall–Kier alpha value is -1.51. The van der Waals surface area contributed by atoms with Crippen molar-refractivity contribution in [1.29, 1.82) is 5.26 Å². The van der Waals surface area contributed by atoms with Crippen LogP contribution in [-0.4, -0.2) is 59.0 Å². The largest absolute Gasteiger partial charge is 0.325 e. The number of quaternary nitrogens is 2. The van der Waals surface area contributed by atoms with Crippen LogP contribution in [0.25, 0.3) is 0 Å². The van der Waals surface area contributed by atoms with Crippen LogP contribution in [0.15, 0.2) is 24.8 Å². The minimum absolute atomic E-state index is 0.352. The number of unbranched alkanes of at least 4 members (excludes halogenated alkanes) is 5. The van der Waals surface area contributed by atoms with Gasteiger partial charge in [0.2, 0.25) is 19.4 Å². The van der Waals surface area contributed by atoms with Crippen molar-refractivity contribution in [1.82, 2.24) is 9.80 Å². The molecule has 5 heteroatoms. The van der Waals surface area contributed by atoms with Crippen molar-refractivity contribution in [2.45, 2.75) is 58.5 Å². The minimum atomic E-state index is 0.352. The summed E-state index contributed by atoms with van der Waals surface area (Å²) in [5.41, 5.74) is 0. The summed E-state index contributed by atoms with van der Waals surface area (Å²) in [5.74, 6) is 0. The van der Waals surface area contributed by atoms with Crippen molar-refractivity contribution >= 4 is 0 Å². The molecule has 0 spiro atoms. The summed E-state index contributed by atoms with van der Waals surface area (Å²) in [5, 5.41) is 9.51. The molecule has 2 aliphatic rings. The van der Waals surface area contributed by atoms with Crippen molar-refractivity contribution in [3.63, 3.8) is 0 Å². The van der Waals surface area contributed by atoms with Gasteiger partial charge in [0.1, 0.15) is 12.6 Å². The smallest absolute Gasteiger partial charge is 0.215 e. The van der Waals surface area contributed by atoms with E-state index in [1.54, 1.807) is 0 Å². The van der Waals surface area contributed by atoms with E-state index in [2.05, 4.69) is 68.6 Å². The average molecular weight is 334 g/mol. The predicted molar refractivity (Wildman–Crippen MR) is 97.4 cm³/mol. The van der Waals surface area contributed by atoms with Crippen molar-refractivity contribution in [2.24, 2.45) is 0 Å². The van der Waals surface area contributed by atoms with Crippen molar-refractivity contribution in [3.05, 3.63) is 24.8 Å². The fourth-order valence-corrected chi connectivity index (χ4v) is 4.17. The molecule has 0 radical (unpaired) electrons. The second-order valence-electron chi connectivity index (χ2n) is 7.47. The molecule has 3 atom stereocenters. The van der Waals surface area contributed by atoms with E-state index in [-0.39, 0.29) is 0 Å². The second kappa shape index (κ2) is 8.04. The first-order valence-electron chi connectivity index (χ1n) is 9.44. The van der Waals surface area contributed by atoms with E-state index in [1.807, 2.05) is 0 Å². The van der Waals surface area contributed by atoms with E-state index in [1.165, 1.54) is 38.5 Å². The highest BCUT2D eigenvalue weighted by atomic mass is 15.9. The van der Waals surface area contributed by atoms with Gasteiger partial charge in [-0.2, -0.15) is 5.26 Å². The first-order chi connectivity index (χ1) is 11.5. The van der Waals surface area contributed by atoms with Gasteiger partial charge in [0.25, 0.3) is 0 Å². The molecule has 0 aromatic heterocycles. The Kier molecular flexibility index (Phi) is 6.31. The van der Waals surface area contributed by atoms with Crippen LogP contribution >= 0.6 is 0 Å². The normalized spacial score (nSPS) is 31.9. The van der Waals surface area contributed by atoms with Crippen molar-refractivity contribution in [2.75, 3.05) is 33.9 Å². The SMILES string of the molecule is CCCCCCCC[N+]1([N+]2(CC#N)C=CN(C)C2)C=CN(C)C1C. The Morgan fingerprint density at radius 2 is 1.79 bits per heavy atom. The van der Waals surface area contributed by atoms with E-state index in [4.69, 9.17) is 0 Å². The highest BCUT2D eigenvalue weighted by Crippen LogP contribution is 2.37. The molecular weight excluding hydrogens is 298 g/mol. The third kappa shape index (κ3) is 3.45. The van der Waals surface area contributed by atoms with Gasteiger partial charge in [0.15, 0.2) is 12.4 Å². The highest BCUT2D eigenvalue weighted by Gasteiger charge is 2.57. The third-order valence-corrected chi connectivity index (χ3v) is 5.82. The molecule has 5 nitrogen and oxygen atoms in total. The first kappa shape index (κ1) is 18.8. The molecule has 0 saturated heterocycles. The predicted octanol–water partition coefficient (Wildman–Crippen LogP) is 3.56. The molecule has 0 N–H and O–H groups in total. The van der Waals surface area contributed by atoms with Crippen molar-refractivity contribution in [3.8, 4) is 6.07 Å². The number of nitriles is 1. The zero-order valence-electron chi connectivity index (χ0n) is 16.0. The number of rotatable bonds is 9. The Balaban J connectivity index is 2.14. The molecular formula is C19H35N5+2. The molecule has 0 bridgehead atoms. The fourth-order valence-electron chi connectivity index (χ4n) is 4.17. The van der Waals surface area contributed by atoms with Crippen LogP contribution in [0, 0.1) is 11.3 Å². The molecule has 0 aromatic carbocycles. The number of hydrogen-bond donors (Lipinski definition) is 0. The summed E-state index contributed by atoms with van der Waals surface area (Å²) in [6, 6.07) is 2.45. The maximum absolute atomic E-state index is 9.51. The third-order valence-electron chi connectivity index (χ3n) is 5.82. The van der Waals surface area contributed by atoms with Gasteiger partial charge in [0, 0.05) is 27.4 Å². The van der Waals surface area contributed by atoms with Gasteiger partial charge in [0.05, 0.1) is 12.4 Å². The van der Waals surface area contributed by atoms with Crippen LogP contribution in [0.2, 0.25) is 0 Å². The lowest BCUT2D eigenvalue weighted by Crippen LogP contribution is -2.71.